The highest BCUT2D eigenvalue weighted by atomic mass is 32.2. The molecule has 0 spiro atoms. The van der Waals surface area contributed by atoms with Crippen LogP contribution in [0.4, 0.5) is 0 Å². The third-order valence-electron chi connectivity index (χ3n) is 5.41. The number of sulfonamides is 1. The Hall–Kier alpha value is -1.68. The fraction of sp³-hybridized carbons (Fsp3) is 0.429. The molecular formula is C21H23NO5S3. The van der Waals surface area contributed by atoms with Crippen molar-refractivity contribution >= 4 is 44.9 Å². The fourth-order valence-corrected chi connectivity index (χ4v) is 7.62. The summed E-state index contributed by atoms with van der Waals surface area (Å²) in [6.07, 6.45) is 4.27. The number of esters is 1. The van der Waals surface area contributed by atoms with E-state index in [0.29, 0.717) is 18.7 Å². The van der Waals surface area contributed by atoms with Gasteiger partial charge in [-0.25, -0.2) is 13.2 Å². The van der Waals surface area contributed by atoms with E-state index in [9.17, 15) is 18.0 Å². The summed E-state index contributed by atoms with van der Waals surface area (Å²) < 4.78 is 32.4. The molecule has 160 valence electrons. The van der Waals surface area contributed by atoms with Gasteiger partial charge in [0, 0.05) is 30.2 Å². The number of thiophene rings is 1. The first kappa shape index (κ1) is 21.5. The van der Waals surface area contributed by atoms with E-state index in [2.05, 4.69) is 0 Å². The van der Waals surface area contributed by atoms with Crippen molar-refractivity contribution in [3.63, 3.8) is 0 Å². The van der Waals surface area contributed by atoms with Gasteiger partial charge in [-0.05, 0) is 54.3 Å². The summed E-state index contributed by atoms with van der Waals surface area (Å²) in [5.74, 6) is 0.406. The van der Waals surface area contributed by atoms with Crippen molar-refractivity contribution in [3.8, 4) is 0 Å². The predicted molar refractivity (Wildman–Crippen MR) is 118 cm³/mol. The Balaban J connectivity index is 1.44. The van der Waals surface area contributed by atoms with Gasteiger partial charge in [0.15, 0.2) is 12.4 Å². The van der Waals surface area contributed by atoms with Crippen molar-refractivity contribution in [3.05, 3.63) is 51.2 Å². The van der Waals surface area contributed by atoms with Crippen LogP contribution >= 0.6 is 23.1 Å². The van der Waals surface area contributed by atoms with Crippen molar-refractivity contribution in [2.75, 3.05) is 31.2 Å². The summed E-state index contributed by atoms with van der Waals surface area (Å²) >= 11 is 2.73. The quantitative estimate of drug-likeness (QED) is 0.480. The van der Waals surface area contributed by atoms with Gasteiger partial charge in [0.25, 0.3) is 0 Å². The van der Waals surface area contributed by atoms with E-state index in [1.807, 2.05) is 12.1 Å². The molecule has 0 saturated carbocycles. The molecule has 1 aromatic heterocycles. The van der Waals surface area contributed by atoms with Crippen molar-refractivity contribution in [2.45, 2.75) is 30.6 Å². The lowest BCUT2D eigenvalue weighted by Crippen LogP contribution is -2.38. The molecule has 1 saturated heterocycles. The predicted octanol–water partition coefficient (Wildman–Crippen LogP) is 3.40. The highest BCUT2D eigenvalue weighted by molar-refractivity contribution is 7.99. The van der Waals surface area contributed by atoms with E-state index in [0.717, 1.165) is 42.1 Å². The largest absolute Gasteiger partial charge is 0.453 e. The maximum Gasteiger partial charge on any atom is 0.350 e. The number of hydrogen-bond acceptors (Lipinski definition) is 7. The Morgan fingerprint density at radius 3 is 2.53 bits per heavy atom. The lowest BCUT2D eigenvalue weighted by Gasteiger charge is -2.25. The molecule has 0 N–H and O–H groups in total. The van der Waals surface area contributed by atoms with Crippen LogP contribution in [-0.4, -0.2) is 55.7 Å². The van der Waals surface area contributed by atoms with Gasteiger partial charge in [0.05, 0.1) is 0 Å². The van der Waals surface area contributed by atoms with Crippen molar-refractivity contribution in [1.29, 1.82) is 0 Å². The molecule has 0 unspecified atom stereocenters. The Morgan fingerprint density at radius 2 is 1.77 bits per heavy atom. The van der Waals surface area contributed by atoms with E-state index in [1.54, 1.807) is 23.2 Å². The second-order valence-corrected chi connectivity index (χ2v) is 11.4. The second-order valence-electron chi connectivity index (χ2n) is 7.32. The average Bonchev–Trinajstić information content (AvgIpc) is 3.28. The number of ether oxygens (including phenoxy) is 1. The van der Waals surface area contributed by atoms with Crippen LogP contribution in [0.1, 0.15) is 44.0 Å². The van der Waals surface area contributed by atoms with Gasteiger partial charge in [0.2, 0.25) is 10.0 Å². The molecule has 30 heavy (non-hydrogen) atoms. The number of Topliss-reactive ketones (excluding diaryl/α,β-unsaturated/α-hetero) is 1. The lowest BCUT2D eigenvalue weighted by molar-refractivity contribution is 0.0476. The van der Waals surface area contributed by atoms with Gasteiger partial charge in [0.1, 0.15) is 9.77 Å². The molecule has 1 aliphatic carbocycles. The summed E-state index contributed by atoms with van der Waals surface area (Å²) in [5, 5.41) is 1.56. The van der Waals surface area contributed by atoms with Crippen molar-refractivity contribution in [1.82, 2.24) is 4.31 Å². The normalized spacial score (nSPS) is 17.3. The van der Waals surface area contributed by atoms with Crippen LogP contribution in [0.5, 0.6) is 0 Å². The number of benzene rings is 1. The molecule has 0 atom stereocenters. The molecule has 6 nitrogen and oxygen atoms in total. The summed E-state index contributed by atoms with van der Waals surface area (Å²) in [4.78, 5) is 25.1. The van der Waals surface area contributed by atoms with Crippen molar-refractivity contribution < 1.29 is 22.7 Å². The molecule has 2 heterocycles. The van der Waals surface area contributed by atoms with E-state index < -0.39 is 22.6 Å². The summed E-state index contributed by atoms with van der Waals surface area (Å²) in [7, 11) is -3.75. The maximum atomic E-state index is 12.9. The fourth-order valence-electron chi connectivity index (χ4n) is 3.76. The summed E-state index contributed by atoms with van der Waals surface area (Å²) in [6, 6.07) is 7.07. The number of thioether (sulfide) groups is 1. The van der Waals surface area contributed by atoms with Gasteiger partial charge < -0.3 is 4.74 Å². The highest BCUT2D eigenvalue weighted by Gasteiger charge is 2.32. The molecule has 0 radical (unpaired) electrons. The first-order valence-corrected chi connectivity index (χ1v) is 13.4. The smallest absolute Gasteiger partial charge is 0.350 e. The average molecular weight is 466 g/mol. The number of hydrogen-bond donors (Lipinski definition) is 0. The van der Waals surface area contributed by atoms with Crippen LogP contribution in [-0.2, 0) is 27.6 Å². The zero-order valence-electron chi connectivity index (χ0n) is 16.5. The van der Waals surface area contributed by atoms with E-state index in [4.69, 9.17) is 4.74 Å². The number of aryl methyl sites for hydroxylation is 2. The summed E-state index contributed by atoms with van der Waals surface area (Å²) in [6.45, 7) is 0.442. The van der Waals surface area contributed by atoms with E-state index in [-0.39, 0.29) is 15.6 Å². The number of nitrogens with zero attached hydrogens (tertiary/aromatic N) is 1. The Kier molecular flexibility index (Phi) is 6.62. The van der Waals surface area contributed by atoms with Crippen LogP contribution in [0, 0.1) is 0 Å². The molecule has 2 aliphatic rings. The lowest BCUT2D eigenvalue weighted by atomic mass is 9.90. The molecule has 1 aromatic carbocycles. The standard InChI is InChI=1S/C21H23NO5S3/c23-18(17-6-5-15-3-1-2-4-16(15)13-17)14-27-21(24)20-19(7-10-29-20)30(25,26)22-8-11-28-12-9-22/h5-7,10,13H,1-4,8-9,11-12,14H2. The van der Waals surface area contributed by atoms with E-state index >= 15 is 0 Å². The first-order chi connectivity index (χ1) is 14.5. The molecular weight excluding hydrogens is 442 g/mol. The van der Waals surface area contributed by atoms with Crippen molar-refractivity contribution in [2.24, 2.45) is 0 Å². The molecule has 4 rings (SSSR count). The number of rotatable bonds is 6. The van der Waals surface area contributed by atoms with Crippen LogP contribution in [0.15, 0.2) is 34.5 Å². The summed E-state index contributed by atoms with van der Waals surface area (Å²) in [5.41, 5.74) is 2.98. The molecule has 0 bridgehead atoms. The zero-order valence-corrected chi connectivity index (χ0v) is 18.9. The molecule has 1 fully saturated rings. The minimum atomic E-state index is -3.75. The Labute approximate surface area is 184 Å². The van der Waals surface area contributed by atoms with Crippen LogP contribution in [0.3, 0.4) is 0 Å². The van der Waals surface area contributed by atoms with E-state index in [1.165, 1.54) is 27.9 Å². The van der Waals surface area contributed by atoms with Gasteiger partial charge in [-0.1, -0.05) is 12.1 Å². The van der Waals surface area contributed by atoms with Gasteiger partial charge in [-0.3, -0.25) is 4.79 Å². The van der Waals surface area contributed by atoms with Gasteiger partial charge >= 0.3 is 5.97 Å². The number of fused-ring (bicyclic) bond motifs is 1. The van der Waals surface area contributed by atoms with Crippen LogP contribution in [0.2, 0.25) is 0 Å². The minimum absolute atomic E-state index is 0.0199. The van der Waals surface area contributed by atoms with Crippen LogP contribution in [0.25, 0.3) is 0 Å². The molecule has 0 amide bonds. The Morgan fingerprint density at radius 1 is 1.03 bits per heavy atom. The maximum absolute atomic E-state index is 12.9. The highest BCUT2D eigenvalue weighted by Crippen LogP contribution is 2.28. The second kappa shape index (κ2) is 9.21. The topological polar surface area (TPSA) is 80.8 Å². The number of carbonyl (C=O) groups is 2. The monoisotopic (exact) mass is 465 g/mol. The zero-order chi connectivity index (χ0) is 21.1. The minimum Gasteiger partial charge on any atom is -0.453 e. The first-order valence-electron chi connectivity index (χ1n) is 9.94. The van der Waals surface area contributed by atoms with Crippen LogP contribution < -0.4 is 0 Å². The Bertz CT molecular complexity index is 1050. The van der Waals surface area contributed by atoms with Gasteiger partial charge in [-0.15, -0.1) is 11.3 Å². The SMILES string of the molecule is O=C(COC(=O)c1sccc1S(=O)(=O)N1CCSCC1)c1ccc2c(c1)CCCC2. The van der Waals surface area contributed by atoms with Gasteiger partial charge in [-0.2, -0.15) is 16.1 Å². The third-order valence-corrected chi connectivity index (χ3v) is 9.31. The number of carbonyl (C=O) groups excluding carboxylic acids is 2. The number of ketones is 1. The third kappa shape index (κ3) is 4.49. The molecule has 2 aromatic rings. The molecule has 1 aliphatic heterocycles. The molecule has 9 heteroatoms.